The molecule has 1 fully saturated rings. The molecule has 3 heterocycles. The van der Waals surface area contributed by atoms with Crippen molar-refractivity contribution >= 4 is 11.8 Å². The van der Waals surface area contributed by atoms with Crippen molar-refractivity contribution in [1.29, 1.82) is 0 Å². The van der Waals surface area contributed by atoms with Gasteiger partial charge in [-0.05, 0) is 6.07 Å². The Balaban J connectivity index is 1.51. The topological polar surface area (TPSA) is 111 Å². The summed E-state index contributed by atoms with van der Waals surface area (Å²) in [6, 6.07) is 7.41. The molecule has 1 atom stereocenters. The van der Waals surface area contributed by atoms with Crippen molar-refractivity contribution < 1.29 is 9.84 Å². The number of hydrogen-bond donors (Lipinski definition) is 3. The summed E-state index contributed by atoms with van der Waals surface area (Å²) in [6.07, 6.45) is 1.59. The summed E-state index contributed by atoms with van der Waals surface area (Å²) in [5.74, 6) is 1.39. The second kappa shape index (κ2) is 4.99. The summed E-state index contributed by atoms with van der Waals surface area (Å²) in [5.41, 5.74) is 13.0. The molecule has 23 heavy (non-hydrogen) atoms. The van der Waals surface area contributed by atoms with Crippen LogP contribution in [0.3, 0.4) is 0 Å². The van der Waals surface area contributed by atoms with E-state index in [1.807, 2.05) is 18.2 Å². The summed E-state index contributed by atoms with van der Waals surface area (Å²) >= 11 is 0. The quantitative estimate of drug-likeness (QED) is 0.756. The van der Waals surface area contributed by atoms with Crippen LogP contribution >= 0.6 is 0 Å². The predicted molar refractivity (Wildman–Crippen MR) is 85.9 cm³/mol. The average molecular weight is 313 g/mol. The largest absolute Gasteiger partial charge is 0.508 e. The molecule has 0 radical (unpaired) electrons. The number of benzene rings is 1. The van der Waals surface area contributed by atoms with Gasteiger partial charge in [-0.15, -0.1) is 0 Å². The zero-order valence-corrected chi connectivity index (χ0v) is 12.7. The third kappa shape index (κ3) is 2.43. The van der Waals surface area contributed by atoms with Crippen molar-refractivity contribution in [2.45, 2.75) is 25.0 Å². The van der Waals surface area contributed by atoms with Gasteiger partial charge >= 0.3 is 0 Å². The molecule has 7 nitrogen and oxygen atoms in total. The first kappa shape index (κ1) is 14.1. The van der Waals surface area contributed by atoms with Crippen molar-refractivity contribution in [3.63, 3.8) is 0 Å². The van der Waals surface area contributed by atoms with Crippen LogP contribution in [0.2, 0.25) is 0 Å². The van der Waals surface area contributed by atoms with Gasteiger partial charge in [0.1, 0.15) is 17.2 Å². The Hall–Kier alpha value is -2.54. The summed E-state index contributed by atoms with van der Waals surface area (Å²) < 4.78 is 6.10. The number of hydrogen-bond acceptors (Lipinski definition) is 7. The van der Waals surface area contributed by atoms with E-state index in [1.165, 1.54) is 0 Å². The molecule has 5 N–H and O–H groups in total. The second-order valence-corrected chi connectivity index (χ2v) is 6.30. The average Bonchev–Trinajstić information content (AvgIpc) is 3.05. The Morgan fingerprint density at radius 1 is 1.26 bits per heavy atom. The van der Waals surface area contributed by atoms with Crippen LogP contribution in [0.4, 0.5) is 11.8 Å². The number of ether oxygens (including phenoxy) is 1. The van der Waals surface area contributed by atoms with Gasteiger partial charge < -0.3 is 21.3 Å². The van der Waals surface area contributed by atoms with E-state index in [4.69, 9.17) is 16.2 Å². The maximum atomic E-state index is 9.93. The Labute approximate surface area is 133 Å². The number of phenols is 1. The van der Waals surface area contributed by atoms with E-state index in [0.29, 0.717) is 30.4 Å². The van der Waals surface area contributed by atoms with Crippen LogP contribution in [0, 0.1) is 0 Å². The minimum absolute atomic E-state index is 0.141. The zero-order valence-electron chi connectivity index (χ0n) is 12.7. The number of para-hydroxylation sites is 1. The van der Waals surface area contributed by atoms with E-state index in [1.54, 1.807) is 6.07 Å². The molecule has 0 bridgehead atoms. The summed E-state index contributed by atoms with van der Waals surface area (Å²) in [6.45, 7) is 2.35. The fourth-order valence-corrected chi connectivity index (χ4v) is 3.49. The van der Waals surface area contributed by atoms with Crippen LogP contribution in [0.1, 0.15) is 17.5 Å². The van der Waals surface area contributed by atoms with Gasteiger partial charge in [-0.1, -0.05) is 18.2 Å². The molecule has 1 spiro atoms. The van der Waals surface area contributed by atoms with E-state index in [9.17, 15) is 5.11 Å². The number of phenolic OH excluding ortho intramolecular Hbond substituents is 1. The molecule has 1 unspecified atom stereocenters. The maximum absolute atomic E-state index is 9.93. The molecule has 0 aliphatic carbocycles. The second-order valence-electron chi connectivity index (χ2n) is 6.30. The van der Waals surface area contributed by atoms with Crippen LogP contribution < -0.4 is 16.2 Å². The van der Waals surface area contributed by atoms with Crippen LogP contribution in [-0.4, -0.2) is 38.7 Å². The number of rotatable bonds is 2. The molecule has 7 heteroatoms. The lowest BCUT2D eigenvalue weighted by molar-refractivity contribution is 0.0963. The Morgan fingerprint density at radius 2 is 2.09 bits per heavy atom. The lowest BCUT2D eigenvalue weighted by atomic mass is 9.97. The molecule has 1 aromatic heterocycles. The van der Waals surface area contributed by atoms with E-state index < -0.39 is 0 Å². The minimum Gasteiger partial charge on any atom is -0.508 e. The number of nitrogens with zero attached hydrogens (tertiary/aromatic N) is 3. The zero-order chi connectivity index (χ0) is 16.0. The maximum Gasteiger partial charge on any atom is 0.225 e. The lowest BCUT2D eigenvalue weighted by Gasteiger charge is -2.23. The van der Waals surface area contributed by atoms with E-state index >= 15 is 0 Å². The molecule has 120 valence electrons. The molecule has 2 aliphatic rings. The van der Waals surface area contributed by atoms with Gasteiger partial charge in [0.05, 0.1) is 5.56 Å². The normalized spacial score (nSPS) is 23.1. The summed E-state index contributed by atoms with van der Waals surface area (Å²) in [4.78, 5) is 10.5. The smallest absolute Gasteiger partial charge is 0.225 e. The molecule has 1 saturated heterocycles. The fraction of sp³-hybridized carbons (Fsp3) is 0.375. The van der Waals surface area contributed by atoms with Crippen molar-refractivity contribution in [1.82, 2.24) is 14.9 Å². The first-order valence-electron chi connectivity index (χ1n) is 7.65. The SMILES string of the molecule is Nc1nc(N)c2c(n1)OC1(CCN(Cc3ccccc3O)C1)C2. The van der Waals surface area contributed by atoms with Gasteiger partial charge in [0.15, 0.2) is 0 Å². The highest BCUT2D eigenvalue weighted by Crippen LogP contribution is 2.41. The highest BCUT2D eigenvalue weighted by atomic mass is 16.5. The number of nitrogens with two attached hydrogens (primary N) is 2. The van der Waals surface area contributed by atoms with Crippen molar-refractivity contribution in [2.24, 2.45) is 0 Å². The van der Waals surface area contributed by atoms with Crippen LogP contribution in [-0.2, 0) is 13.0 Å². The first-order chi connectivity index (χ1) is 11.0. The van der Waals surface area contributed by atoms with E-state index in [0.717, 1.165) is 30.6 Å². The van der Waals surface area contributed by atoms with Crippen molar-refractivity contribution in [3.8, 4) is 11.6 Å². The molecular weight excluding hydrogens is 294 g/mol. The van der Waals surface area contributed by atoms with Crippen molar-refractivity contribution in [2.75, 3.05) is 24.6 Å². The molecule has 4 rings (SSSR count). The Morgan fingerprint density at radius 3 is 2.91 bits per heavy atom. The molecule has 2 aromatic rings. The highest BCUT2D eigenvalue weighted by molar-refractivity contribution is 5.52. The molecule has 2 aliphatic heterocycles. The Bertz CT molecular complexity index is 766. The first-order valence-corrected chi connectivity index (χ1v) is 7.65. The van der Waals surface area contributed by atoms with Gasteiger partial charge in [-0.25, -0.2) is 0 Å². The predicted octanol–water partition coefficient (Wildman–Crippen LogP) is 0.926. The van der Waals surface area contributed by atoms with Crippen LogP contribution in [0.15, 0.2) is 24.3 Å². The monoisotopic (exact) mass is 313 g/mol. The fourth-order valence-electron chi connectivity index (χ4n) is 3.49. The highest BCUT2D eigenvalue weighted by Gasteiger charge is 2.46. The number of nitrogen functional groups attached to an aromatic ring is 2. The molecule has 0 saturated carbocycles. The third-order valence-electron chi connectivity index (χ3n) is 4.61. The number of fused-ring (bicyclic) bond motifs is 1. The van der Waals surface area contributed by atoms with E-state index in [-0.39, 0.29) is 11.5 Å². The lowest BCUT2D eigenvalue weighted by Crippen LogP contribution is -2.37. The minimum atomic E-state index is -0.316. The summed E-state index contributed by atoms with van der Waals surface area (Å²) in [7, 11) is 0. The third-order valence-corrected chi connectivity index (χ3v) is 4.61. The molecular formula is C16H19N5O2. The molecule has 0 amide bonds. The number of aromatic nitrogens is 2. The van der Waals surface area contributed by atoms with E-state index in [2.05, 4.69) is 14.9 Å². The Kier molecular flexibility index (Phi) is 3.05. The van der Waals surface area contributed by atoms with Gasteiger partial charge in [0.2, 0.25) is 11.8 Å². The molecule has 1 aromatic carbocycles. The van der Waals surface area contributed by atoms with Gasteiger partial charge in [-0.3, -0.25) is 4.90 Å². The van der Waals surface area contributed by atoms with Gasteiger partial charge in [-0.2, -0.15) is 9.97 Å². The number of likely N-dealkylation sites (tertiary alicyclic amines) is 1. The number of aromatic hydroxyl groups is 1. The van der Waals surface area contributed by atoms with Gasteiger partial charge in [0.25, 0.3) is 0 Å². The van der Waals surface area contributed by atoms with Gasteiger partial charge in [0, 0.05) is 38.0 Å². The van der Waals surface area contributed by atoms with Crippen LogP contribution in [0.25, 0.3) is 0 Å². The van der Waals surface area contributed by atoms with Crippen molar-refractivity contribution in [3.05, 3.63) is 35.4 Å². The number of anilines is 2. The summed E-state index contributed by atoms with van der Waals surface area (Å²) in [5, 5.41) is 9.93. The van der Waals surface area contributed by atoms with Crippen LogP contribution in [0.5, 0.6) is 11.6 Å². The standard InChI is InChI=1S/C16H19N5O2/c17-13-11-7-16(23-14(11)20-15(18)19-13)5-6-21(9-16)8-10-3-1-2-4-12(10)22/h1-4,22H,5-9H2,(H4,17,18,19,20).